The lowest BCUT2D eigenvalue weighted by Crippen LogP contribution is -2.39. The van der Waals surface area contributed by atoms with Crippen LogP contribution in [0.25, 0.3) is 4.96 Å². The second kappa shape index (κ2) is 4.46. The van der Waals surface area contributed by atoms with Crippen molar-refractivity contribution in [3.05, 3.63) is 11.6 Å². The molecule has 0 amide bonds. The number of aromatic nitrogens is 2. The maximum atomic E-state index is 12.7. The van der Waals surface area contributed by atoms with Gasteiger partial charge in [-0.3, -0.25) is 4.40 Å². The summed E-state index contributed by atoms with van der Waals surface area (Å²) >= 11 is 1.37. The van der Waals surface area contributed by atoms with Crippen molar-refractivity contribution in [2.24, 2.45) is 5.92 Å². The van der Waals surface area contributed by atoms with Gasteiger partial charge in [-0.05, 0) is 18.8 Å². The smallest absolute Gasteiger partial charge is 0.262 e. The van der Waals surface area contributed by atoms with Gasteiger partial charge in [0.1, 0.15) is 0 Å². The molecule has 0 aromatic carbocycles. The zero-order valence-corrected chi connectivity index (χ0v) is 12.2. The third-order valence-corrected chi connectivity index (χ3v) is 6.11. The fraction of sp³-hybridized carbons (Fsp3) is 0.545. The largest absolute Gasteiger partial charge is 0.381 e. The molecule has 2 N–H and O–H groups in total. The van der Waals surface area contributed by atoms with E-state index in [-0.39, 0.29) is 10.8 Å². The zero-order valence-electron chi connectivity index (χ0n) is 10.6. The molecule has 1 aliphatic heterocycles. The molecular weight excluding hydrogens is 284 g/mol. The van der Waals surface area contributed by atoms with Crippen molar-refractivity contribution in [3.8, 4) is 0 Å². The van der Waals surface area contributed by atoms with E-state index in [2.05, 4.69) is 11.9 Å². The third-order valence-electron chi connectivity index (χ3n) is 3.45. The molecule has 2 aromatic rings. The first-order valence-corrected chi connectivity index (χ1v) is 8.53. The van der Waals surface area contributed by atoms with Crippen LogP contribution in [0, 0.1) is 5.92 Å². The first-order chi connectivity index (χ1) is 9.00. The van der Waals surface area contributed by atoms with Gasteiger partial charge in [0, 0.05) is 24.7 Å². The van der Waals surface area contributed by atoms with E-state index in [4.69, 9.17) is 5.73 Å². The van der Waals surface area contributed by atoms with Crippen molar-refractivity contribution < 1.29 is 8.42 Å². The highest BCUT2D eigenvalue weighted by Crippen LogP contribution is 2.28. The maximum absolute atomic E-state index is 12.7. The Labute approximate surface area is 115 Å². The van der Waals surface area contributed by atoms with Gasteiger partial charge in [0.25, 0.3) is 10.0 Å². The van der Waals surface area contributed by atoms with Crippen LogP contribution in [0.4, 0.5) is 5.82 Å². The number of hydrogen-bond donors (Lipinski definition) is 1. The van der Waals surface area contributed by atoms with Crippen molar-refractivity contribution in [2.45, 2.75) is 24.8 Å². The Bertz CT molecular complexity index is 703. The minimum Gasteiger partial charge on any atom is -0.381 e. The van der Waals surface area contributed by atoms with Gasteiger partial charge in [-0.25, -0.2) is 13.4 Å². The summed E-state index contributed by atoms with van der Waals surface area (Å²) in [5, 5.41) is 1.91. The lowest BCUT2D eigenvalue weighted by atomic mass is 10.0. The van der Waals surface area contributed by atoms with Gasteiger partial charge in [0.05, 0.1) is 0 Å². The molecule has 6 nitrogen and oxygen atoms in total. The molecule has 1 saturated heterocycles. The highest BCUT2D eigenvalue weighted by atomic mass is 32.2. The SMILES string of the molecule is CC1CCCN(S(=O)(=O)c2c(N)nc3sccn23)C1. The number of sulfonamides is 1. The summed E-state index contributed by atoms with van der Waals surface area (Å²) in [6.07, 6.45) is 3.66. The van der Waals surface area contributed by atoms with Gasteiger partial charge < -0.3 is 5.73 Å². The van der Waals surface area contributed by atoms with Crippen molar-refractivity contribution in [1.29, 1.82) is 0 Å². The molecule has 0 bridgehead atoms. The number of imidazole rings is 1. The number of anilines is 1. The van der Waals surface area contributed by atoms with Crippen molar-refractivity contribution in [1.82, 2.24) is 13.7 Å². The molecule has 19 heavy (non-hydrogen) atoms. The number of piperidine rings is 1. The quantitative estimate of drug-likeness (QED) is 0.909. The van der Waals surface area contributed by atoms with Crippen LogP contribution in [-0.4, -0.2) is 35.2 Å². The summed E-state index contributed by atoms with van der Waals surface area (Å²) in [5.41, 5.74) is 5.79. The normalized spacial score (nSPS) is 22.1. The molecule has 0 spiro atoms. The van der Waals surface area contributed by atoms with Crippen LogP contribution < -0.4 is 5.73 Å². The summed E-state index contributed by atoms with van der Waals surface area (Å²) in [4.78, 5) is 4.72. The predicted molar refractivity (Wildman–Crippen MR) is 74.6 cm³/mol. The van der Waals surface area contributed by atoms with E-state index in [0.717, 1.165) is 12.8 Å². The third kappa shape index (κ3) is 2.03. The fourth-order valence-corrected chi connectivity index (χ4v) is 5.07. The first kappa shape index (κ1) is 12.9. The summed E-state index contributed by atoms with van der Waals surface area (Å²) in [6, 6.07) is 0. The van der Waals surface area contributed by atoms with Crippen molar-refractivity contribution >= 4 is 32.1 Å². The summed E-state index contributed by atoms with van der Waals surface area (Å²) in [6.45, 7) is 3.18. The molecule has 3 heterocycles. The Balaban J connectivity index is 2.08. The van der Waals surface area contributed by atoms with Gasteiger partial charge in [-0.1, -0.05) is 6.92 Å². The molecule has 1 atom stereocenters. The van der Waals surface area contributed by atoms with Gasteiger partial charge in [0.2, 0.25) is 0 Å². The van der Waals surface area contributed by atoms with E-state index in [1.165, 1.54) is 15.6 Å². The van der Waals surface area contributed by atoms with Gasteiger partial charge in [0.15, 0.2) is 15.8 Å². The van der Waals surface area contributed by atoms with E-state index in [9.17, 15) is 8.42 Å². The van der Waals surface area contributed by atoms with E-state index in [0.29, 0.717) is 24.0 Å². The van der Waals surface area contributed by atoms with Crippen LogP contribution in [0.2, 0.25) is 0 Å². The van der Waals surface area contributed by atoms with Crippen molar-refractivity contribution in [2.75, 3.05) is 18.8 Å². The van der Waals surface area contributed by atoms with Crippen LogP contribution in [-0.2, 0) is 10.0 Å². The standard InChI is InChI=1S/C11H16N4O2S2/c1-8-3-2-4-14(7-8)19(16,17)10-9(12)13-11-15(10)5-6-18-11/h5-6,8H,2-4,7,12H2,1H3. The fourth-order valence-electron chi connectivity index (χ4n) is 2.53. The average molecular weight is 300 g/mol. The minimum absolute atomic E-state index is 0.0880. The second-order valence-corrected chi connectivity index (χ2v) is 7.69. The zero-order chi connectivity index (χ0) is 13.6. The minimum atomic E-state index is -3.56. The number of thiazole rings is 1. The Kier molecular flexibility index (Phi) is 3.03. The summed E-state index contributed by atoms with van der Waals surface area (Å²) < 4.78 is 28.5. The molecule has 1 aliphatic rings. The Hall–Kier alpha value is -1.12. The van der Waals surface area contributed by atoms with Gasteiger partial charge in [-0.2, -0.15) is 4.31 Å². The molecule has 8 heteroatoms. The topological polar surface area (TPSA) is 80.7 Å². The summed E-state index contributed by atoms with van der Waals surface area (Å²) in [7, 11) is -3.56. The van der Waals surface area contributed by atoms with Crippen LogP contribution in [0.3, 0.4) is 0 Å². The van der Waals surface area contributed by atoms with Crippen LogP contribution in [0.1, 0.15) is 19.8 Å². The Morgan fingerprint density at radius 2 is 2.32 bits per heavy atom. The van der Waals surface area contributed by atoms with E-state index < -0.39 is 10.0 Å². The number of fused-ring (bicyclic) bond motifs is 1. The molecule has 0 radical (unpaired) electrons. The van der Waals surface area contributed by atoms with Crippen LogP contribution >= 0.6 is 11.3 Å². The highest BCUT2D eigenvalue weighted by Gasteiger charge is 2.33. The highest BCUT2D eigenvalue weighted by molar-refractivity contribution is 7.89. The Morgan fingerprint density at radius 1 is 1.53 bits per heavy atom. The van der Waals surface area contributed by atoms with E-state index in [1.54, 1.807) is 16.0 Å². The number of nitrogen functional groups attached to an aromatic ring is 1. The maximum Gasteiger partial charge on any atom is 0.262 e. The van der Waals surface area contributed by atoms with Gasteiger partial charge in [-0.15, -0.1) is 11.3 Å². The first-order valence-electron chi connectivity index (χ1n) is 6.21. The molecule has 1 unspecified atom stereocenters. The molecular formula is C11H16N4O2S2. The molecule has 1 fully saturated rings. The molecule has 3 rings (SSSR count). The van der Waals surface area contributed by atoms with Crippen LogP contribution in [0.15, 0.2) is 16.6 Å². The van der Waals surface area contributed by atoms with Crippen molar-refractivity contribution in [3.63, 3.8) is 0 Å². The number of hydrogen-bond acceptors (Lipinski definition) is 5. The molecule has 2 aromatic heterocycles. The van der Waals surface area contributed by atoms with E-state index >= 15 is 0 Å². The second-order valence-electron chi connectivity index (χ2n) is 4.97. The predicted octanol–water partition coefficient (Wildman–Crippen LogP) is 1.40. The monoisotopic (exact) mass is 300 g/mol. The number of nitrogens with zero attached hydrogens (tertiary/aromatic N) is 3. The van der Waals surface area contributed by atoms with Crippen LogP contribution in [0.5, 0.6) is 0 Å². The lowest BCUT2D eigenvalue weighted by molar-refractivity contribution is 0.280. The number of nitrogens with two attached hydrogens (primary N) is 1. The van der Waals surface area contributed by atoms with E-state index in [1.807, 2.05) is 0 Å². The molecule has 104 valence electrons. The van der Waals surface area contributed by atoms with Gasteiger partial charge >= 0.3 is 0 Å². The number of rotatable bonds is 2. The molecule has 0 aliphatic carbocycles. The Morgan fingerprint density at radius 3 is 3.05 bits per heavy atom. The molecule has 0 saturated carbocycles. The lowest BCUT2D eigenvalue weighted by Gasteiger charge is -2.29. The summed E-state index contributed by atoms with van der Waals surface area (Å²) in [5.74, 6) is 0.473. The average Bonchev–Trinajstić information content (AvgIpc) is 2.88.